The lowest BCUT2D eigenvalue weighted by Crippen LogP contribution is -2.30. The SMILES string of the molecule is CCN(CC)C(=O)c1ccc(-c2cc3nccc(-c4ccc(OC5CCOCC5)c(C#N)c4)c3o2)c(OC)c1.Cl. The normalized spacial score (nSPS) is 13.3. The molecule has 208 valence electrons. The molecule has 2 aromatic carbocycles. The first kappa shape index (κ1) is 28.9. The van der Waals surface area contributed by atoms with E-state index in [0.29, 0.717) is 65.8 Å². The predicted molar refractivity (Wildman–Crippen MR) is 155 cm³/mol. The van der Waals surface area contributed by atoms with Gasteiger partial charge in [-0.1, -0.05) is 6.07 Å². The van der Waals surface area contributed by atoms with Crippen molar-refractivity contribution in [3.63, 3.8) is 0 Å². The van der Waals surface area contributed by atoms with Crippen LogP contribution in [0.1, 0.15) is 42.6 Å². The van der Waals surface area contributed by atoms with Gasteiger partial charge in [0.25, 0.3) is 5.91 Å². The number of halogens is 1. The molecule has 1 aliphatic heterocycles. The van der Waals surface area contributed by atoms with E-state index in [4.69, 9.17) is 18.6 Å². The zero-order chi connectivity index (χ0) is 27.4. The van der Waals surface area contributed by atoms with Gasteiger partial charge in [0.05, 0.1) is 31.5 Å². The monoisotopic (exact) mass is 561 g/mol. The third-order valence-corrected chi connectivity index (χ3v) is 7.05. The molecule has 1 amide bonds. The van der Waals surface area contributed by atoms with E-state index in [1.54, 1.807) is 30.3 Å². The van der Waals surface area contributed by atoms with Crippen LogP contribution in [-0.4, -0.2) is 55.3 Å². The third-order valence-electron chi connectivity index (χ3n) is 7.05. The van der Waals surface area contributed by atoms with Gasteiger partial charge in [0.15, 0.2) is 5.58 Å². The van der Waals surface area contributed by atoms with Crippen molar-refractivity contribution in [1.29, 1.82) is 5.26 Å². The number of ether oxygens (including phenoxy) is 3. The standard InChI is InChI=1S/C31H31N3O5.ClH/c1-4-34(5-2)31(35)21-6-8-25(28(17-21)36-3)29-18-26-30(39-29)24(10-13-33-26)20-7-9-27(22(16-20)19-32)38-23-11-14-37-15-12-23;/h6-10,13,16-18,23H,4-5,11-12,14-15H2,1-3H3;1H. The Morgan fingerprint density at radius 2 is 1.82 bits per heavy atom. The van der Waals surface area contributed by atoms with Crippen LogP contribution < -0.4 is 9.47 Å². The summed E-state index contributed by atoms with van der Waals surface area (Å²) in [6.45, 7) is 6.51. The minimum absolute atomic E-state index is 0. The van der Waals surface area contributed by atoms with Crippen molar-refractivity contribution in [2.24, 2.45) is 0 Å². The van der Waals surface area contributed by atoms with E-state index >= 15 is 0 Å². The molecule has 0 bridgehead atoms. The van der Waals surface area contributed by atoms with Gasteiger partial charge in [0.2, 0.25) is 0 Å². The van der Waals surface area contributed by atoms with Gasteiger partial charge < -0.3 is 23.5 Å². The van der Waals surface area contributed by atoms with Gasteiger partial charge in [-0.05, 0) is 55.8 Å². The Labute approximate surface area is 239 Å². The molecule has 40 heavy (non-hydrogen) atoms. The van der Waals surface area contributed by atoms with E-state index in [2.05, 4.69) is 11.1 Å². The summed E-state index contributed by atoms with van der Waals surface area (Å²) >= 11 is 0. The summed E-state index contributed by atoms with van der Waals surface area (Å²) in [5.41, 5.74) is 4.65. The number of nitrogens with zero attached hydrogens (tertiary/aromatic N) is 3. The molecular formula is C31H32ClN3O5. The number of hydrogen-bond donors (Lipinski definition) is 0. The number of aromatic nitrogens is 1. The maximum atomic E-state index is 12.9. The van der Waals surface area contributed by atoms with Gasteiger partial charge in [-0.15, -0.1) is 12.4 Å². The molecule has 1 saturated heterocycles. The minimum atomic E-state index is -0.0454. The Hall–Kier alpha value is -4.06. The third kappa shape index (κ3) is 5.76. The Morgan fingerprint density at radius 1 is 1.05 bits per heavy atom. The molecule has 0 spiro atoms. The molecule has 0 unspecified atom stereocenters. The van der Waals surface area contributed by atoms with Gasteiger partial charge in [-0.2, -0.15) is 5.26 Å². The average molecular weight is 562 g/mol. The number of carbonyl (C=O) groups is 1. The first-order valence-corrected chi connectivity index (χ1v) is 13.2. The smallest absolute Gasteiger partial charge is 0.253 e. The highest BCUT2D eigenvalue weighted by Crippen LogP contribution is 2.38. The topological polar surface area (TPSA) is 97.8 Å². The zero-order valence-corrected chi connectivity index (χ0v) is 23.6. The first-order valence-electron chi connectivity index (χ1n) is 13.2. The van der Waals surface area contributed by atoms with E-state index in [1.807, 2.05) is 50.2 Å². The van der Waals surface area contributed by atoms with E-state index in [0.717, 1.165) is 29.5 Å². The number of furan rings is 1. The van der Waals surface area contributed by atoms with E-state index in [-0.39, 0.29) is 24.4 Å². The van der Waals surface area contributed by atoms with Gasteiger partial charge in [0, 0.05) is 49.3 Å². The van der Waals surface area contributed by atoms with Crippen LogP contribution in [0.3, 0.4) is 0 Å². The average Bonchev–Trinajstić information content (AvgIpc) is 3.42. The maximum Gasteiger partial charge on any atom is 0.253 e. The minimum Gasteiger partial charge on any atom is -0.496 e. The van der Waals surface area contributed by atoms with Crippen LogP contribution in [0.5, 0.6) is 11.5 Å². The van der Waals surface area contributed by atoms with E-state index in [9.17, 15) is 10.1 Å². The van der Waals surface area contributed by atoms with Crippen LogP contribution in [0, 0.1) is 11.3 Å². The van der Waals surface area contributed by atoms with Crippen molar-refractivity contribution < 1.29 is 23.4 Å². The molecule has 1 fully saturated rings. The fourth-order valence-electron chi connectivity index (χ4n) is 4.88. The molecule has 5 rings (SSSR count). The van der Waals surface area contributed by atoms with Crippen LogP contribution in [0.15, 0.2) is 59.1 Å². The molecular weight excluding hydrogens is 530 g/mol. The second-order valence-corrected chi connectivity index (χ2v) is 9.33. The quantitative estimate of drug-likeness (QED) is 0.242. The molecule has 2 aromatic heterocycles. The lowest BCUT2D eigenvalue weighted by Gasteiger charge is -2.23. The van der Waals surface area contributed by atoms with Crippen LogP contribution in [0.2, 0.25) is 0 Å². The molecule has 8 nitrogen and oxygen atoms in total. The number of methoxy groups -OCH3 is 1. The summed E-state index contributed by atoms with van der Waals surface area (Å²) in [5.74, 6) is 1.64. The molecule has 0 aliphatic carbocycles. The molecule has 0 N–H and O–H groups in total. The number of benzene rings is 2. The van der Waals surface area contributed by atoms with Crippen molar-refractivity contribution >= 4 is 29.4 Å². The zero-order valence-electron chi connectivity index (χ0n) is 22.8. The highest BCUT2D eigenvalue weighted by Gasteiger charge is 2.21. The Balaban J connectivity index is 0.00000370. The molecule has 9 heteroatoms. The Bertz CT molecular complexity index is 1530. The molecule has 0 radical (unpaired) electrons. The van der Waals surface area contributed by atoms with E-state index in [1.165, 1.54) is 0 Å². The molecule has 4 aromatic rings. The highest BCUT2D eigenvalue weighted by atomic mass is 35.5. The second kappa shape index (κ2) is 12.9. The van der Waals surface area contributed by atoms with Crippen molar-refractivity contribution in [1.82, 2.24) is 9.88 Å². The van der Waals surface area contributed by atoms with Gasteiger partial charge >= 0.3 is 0 Å². The molecule has 0 atom stereocenters. The van der Waals surface area contributed by atoms with Crippen molar-refractivity contribution in [2.75, 3.05) is 33.4 Å². The number of nitriles is 1. The van der Waals surface area contributed by atoms with Crippen LogP contribution in [0.4, 0.5) is 0 Å². The van der Waals surface area contributed by atoms with Gasteiger partial charge in [-0.3, -0.25) is 9.78 Å². The number of pyridine rings is 1. The summed E-state index contributed by atoms with van der Waals surface area (Å²) in [5, 5.41) is 9.84. The fourth-order valence-corrected chi connectivity index (χ4v) is 4.88. The number of amides is 1. The van der Waals surface area contributed by atoms with Crippen molar-refractivity contribution in [3.05, 3.63) is 65.9 Å². The van der Waals surface area contributed by atoms with Crippen LogP contribution in [0.25, 0.3) is 33.6 Å². The summed E-state index contributed by atoms with van der Waals surface area (Å²) in [6, 6.07) is 17.0. The number of carbonyl (C=O) groups excluding carboxylic acids is 1. The van der Waals surface area contributed by atoms with Gasteiger partial charge in [0.1, 0.15) is 34.9 Å². The second-order valence-electron chi connectivity index (χ2n) is 9.33. The highest BCUT2D eigenvalue weighted by molar-refractivity contribution is 5.96. The number of rotatable bonds is 8. The molecule has 0 saturated carbocycles. The van der Waals surface area contributed by atoms with Crippen LogP contribution in [-0.2, 0) is 4.74 Å². The van der Waals surface area contributed by atoms with Gasteiger partial charge in [-0.25, -0.2) is 0 Å². The van der Waals surface area contributed by atoms with E-state index < -0.39 is 0 Å². The van der Waals surface area contributed by atoms with Crippen LogP contribution >= 0.6 is 12.4 Å². The summed E-state index contributed by atoms with van der Waals surface area (Å²) < 4.78 is 23.5. The lowest BCUT2D eigenvalue weighted by molar-refractivity contribution is 0.0254. The largest absolute Gasteiger partial charge is 0.496 e. The first-order chi connectivity index (χ1) is 19.1. The Kier molecular flexibility index (Phi) is 9.30. The fraction of sp³-hybridized carbons (Fsp3) is 0.323. The molecule has 3 heterocycles. The number of hydrogen-bond acceptors (Lipinski definition) is 7. The lowest BCUT2D eigenvalue weighted by atomic mass is 10.0. The predicted octanol–water partition coefficient (Wildman–Crippen LogP) is 6.50. The summed E-state index contributed by atoms with van der Waals surface area (Å²) in [7, 11) is 1.57. The molecule has 1 aliphatic rings. The number of fused-ring (bicyclic) bond motifs is 1. The maximum absolute atomic E-state index is 12.9. The summed E-state index contributed by atoms with van der Waals surface area (Å²) in [6.07, 6.45) is 3.38. The summed E-state index contributed by atoms with van der Waals surface area (Å²) in [4.78, 5) is 19.1. The Morgan fingerprint density at radius 3 is 2.52 bits per heavy atom. The van der Waals surface area contributed by atoms with Crippen molar-refractivity contribution in [3.8, 4) is 40.0 Å². The van der Waals surface area contributed by atoms with Crippen molar-refractivity contribution in [2.45, 2.75) is 32.8 Å².